The lowest BCUT2D eigenvalue weighted by molar-refractivity contribution is 0.211. The molecule has 0 saturated heterocycles. The average Bonchev–Trinajstić information content (AvgIpc) is 2.43. The van der Waals surface area contributed by atoms with E-state index in [9.17, 15) is 10.2 Å². The maximum atomic E-state index is 9.67. The molecular formula is C14H18O2. The molecule has 0 bridgehead atoms. The molecule has 2 nitrogen and oxygen atoms in total. The Morgan fingerprint density at radius 1 is 1.25 bits per heavy atom. The number of phenolic OH excluding ortho intramolecular Hbond substituents is 1. The second-order valence-electron chi connectivity index (χ2n) is 4.48. The normalized spacial score (nSPS) is 21.3. The van der Waals surface area contributed by atoms with Crippen molar-refractivity contribution in [3.05, 3.63) is 41.5 Å². The van der Waals surface area contributed by atoms with Crippen LogP contribution in [0.3, 0.4) is 0 Å². The number of rotatable bonds is 2. The van der Waals surface area contributed by atoms with E-state index < -0.39 is 0 Å². The topological polar surface area (TPSA) is 40.5 Å². The Labute approximate surface area is 96.2 Å². The molecule has 1 aliphatic rings. The molecule has 16 heavy (non-hydrogen) atoms. The molecule has 0 radical (unpaired) electrons. The van der Waals surface area contributed by atoms with Crippen molar-refractivity contribution in [1.29, 1.82) is 0 Å². The predicted octanol–water partition coefficient (Wildman–Crippen LogP) is 2.80. The first kappa shape index (κ1) is 11.2. The second kappa shape index (κ2) is 5.17. The SMILES string of the molecule is Oc1cccc(CC2=CC(O)CCCC2)c1. The number of aliphatic hydroxyl groups is 1. The van der Waals surface area contributed by atoms with Gasteiger partial charge in [-0.25, -0.2) is 0 Å². The molecule has 1 aliphatic carbocycles. The van der Waals surface area contributed by atoms with Gasteiger partial charge in [0.1, 0.15) is 5.75 Å². The number of hydrogen-bond donors (Lipinski definition) is 2. The van der Waals surface area contributed by atoms with Gasteiger partial charge in [-0.3, -0.25) is 0 Å². The number of phenols is 1. The Hall–Kier alpha value is -1.28. The van der Waals surface area contributed by atoms with Gasteiger partial charge in [0.2, 0.25) is 0 Å². The van der Waals surface area contributed by atoms with Gasteiger partial charge in [0.15, 0.2) is 0 Å². The lowest BCUT2D eigenvalue weighted by atomic mass is 10.0. The van der Waals surface area contributed by atoms with Crippen LogP contribution < -0.4 is 0 Å². The van der Waals surface area contributed by atoms with Crippen LogP contribution in [0.4, 0.5) is 0 Å². The first-order chi connectivity index (χ1) is 7.74. The minimum atomic E-state index is -0.283. The van der Waals surface area contributed by atoms with Gasteiger partial charge in [0.05, 0.1) is 6.10 Å². The summed E-state index contributed by atoms with van der Waals surface area (Å²) in [5.41, 5.74) is 2.40. The van der Waals surface area contributed by atoms with Crippen LogP contribution in [0.1, 0.15) is 31.2 Å². The minimum absolute atomic E-state index is 0.283. The standard InChI is InChI=1S/C14H18O2/c15-13-6-2-1-4-11(9-13)8-12-5-3-7-14(16)10-12/h3,5,7,9-10,13,15-16H,1-2,4,6,8H2. The van der Waals surface area contributed by atoms with E-state index in [0.29, 0.717) is 5.75 Å². The van der Waals surface area contributed by atoms with Crippen molar-refractivity contribution in [3.8, 4) is 5.75 Å². The molecule has 1 aromatic rings. The summed E-state index contributed by atoms with van der Waals surface area (Å²) in [7, 11) is 0. The Morgan fingerprint density at radius 2 is 2.12 bits per heavy atom. The maximum Gasteiger partial charge on any atom is 0.115 e. The monoisotopic (exact) mass is 218 g/mol. The summed E-state index contributed by atoms with van der Waals surface area (Å²) in [6.45, 7) is 0. The molecular weight excluding hydrogens is 200 g/mol. The van der Waals surface area contributed by atoms with E-state index in [-0.39, 0.29) is 6.10 Å². The molecule has 0 aromatic heterocycles. The highest BCUT2D eigenvalue weighted by Gasteiger charge is 2.09. The zero-order chi connectivity index (χ0) is 11.4. The van der Waals surface area contributed by atoms with Gasteiger partial charge in [-0.2, -0.15) is 0 Å². The van der Waals surface area contributed by atoms with Crippen molar-refractivity contribution in [2.75, 3.05) is 0 Å². The largest absolute Gasteiger partial charge is 0.508 e. The Bertz CT molecular complexity index is 382. The van der Waals surface area contributed by atoms with Crippen molar-refractivity contribution in [3.63, 3.8) is 0 Å². The molecule has 1 atom stereocenters. The van der Waals surface area contributed by atoms with Crippen molar-refractivity contribution in [2.45, 2.75) is 38.2 Å². The van der Waals surface area contributed by atoms with E-state index >= 15 is 0 Å². The van der Waals surface area contributed by atoms with Crippen molar-refractivity contribution < 1.29 is 10.2 Å². The van der Waals surface area contributed by atoms with Crippen LogP contribution in [0, 0.1) is 0 Å². The van der Waals surface area contributed by atoms with E-state index in [1.165, 1.54) is 5.57 Å². The molecule has 2 N–H and O–H groups in total. The van der Waals surface area contributed by atoms with Gasteiger partial charge >= 0.3 is 0 Å². The van der Waals surface area contributed by atoms with Crippen molar-refractivity contribution in [1.82, 2.24) is 0 Å². The highest BCUT2D eigenvalue weighted by atomic mass is 16.3. The Kier molecular flexibility index (Phi) is 3.62. The fourth-order valence-electron chi connectivity index (χ4n) is 2.22. The van der Waals surface area contributed by atoms with Crippen LogP contribution in [0.15, 0.2) is 35.9 Å². The summed E-state index contributed by atoms with van der Waals surface area (Å²) in [6, 6.07) is 7.34. The van der Waals surface area contributed by atoms with Crippen LogP contribution in [0.25, 0.3) is 0 Å². The second-order valence-corrected chi connectivity index (χ2v) is 4.48. The summed E-state index contributed by atoms with van der Waals surface area (Å²) in [5, 5.41) is 19.0. The van der Waals surface area contributed by atoms with Gasteiger partial charge in [-0.05, 0) is 43.4 Å². The van der Waals surface area contributed by atoms with Crippen molar-refractivity contribution >= 4 is 0 Å². The lowest BCUT2D eigenvalue weighted by Gasteiger charge is -2.07. The van der Waals surface area contributed by atoms with Gasteiger partial charge < -0.3 is 10.2 Å². The number of aliphatic hydroxyl groups excluding tert-OH is 1. The van der Waals surface area contributed by atoms with E-state index in [1.807, 2.05) is 18.2 Å². The van der Waals surface area contributed by atoms with E-state index in [1.54, 1.807) is 12.1 Å². The fraction of sp³-hybridized carbons (Fsp3) is 0.429. The molecule has 0 amide bonds. The van der Waals surface area contributed by atoms with Crippen LogP contribution in [0.2, 0.25) is 0 Å². The number of aromatic hydroxyl groups is 1. The smallest absolute Gasteiger partial charge is 0.115 e. The third kappa shape index (κ3) is 3.11. The number of allylic oxidation sites excluding steroid dienone is 1. The van der Waals surface area contributed by atoms with Gasteiger partial charge in [0.25, 0.3) is 0 Å². The molecule has 0 aliphatic heterocycles. The van der Waals surface area contributed by atoms with Gasteiger partial charge in [-0.1, -0.05) is 30.2 Å². The Morgan fingerprint density at radius 3 is 2.94 bits per heavy atom. The average molecular weight is 218 g/mol. The molecule has 2 heteroatoms. The Balaban J connectivity index is 2.08. The van der Waals surface area contributed by atoms with Gasteiger partial charge in [-0.15, -0.1) is 0 Å². The molecule has 0 saturated carbocycles. The first-order valence-electron chi connectivity index (χ1n) is 5.89. The summed E-state index contributed by atoms with van der Waals surface area (Å²) < 4.78 is 0. The third-order valence-electron chi connectivity index (χ3n) is 3.02. The van der Waals surface area contributed by atoms with Crippen LogP contribution in [0.5, 0.6) is 5.75 Å². The van der Waals surface area contributed by atoms with E-state index in [4.69, 9.17) is 0 Å². The van der Waals surface area contributed by atoms with Gasteiger partial charge in [0, 0.05) is 0 Å². The molecule has 86 valence electrons. The number of hydrogen-bond acceptors (Lipinski definition) is 2. The predicted molar refractivity (Wildman–Crippen MR) is 64.4 cm³/mol. The van der Waals surface area contributed by atoms with Crippen LogP contribution in [-0.4, -0.2) is 16.3 Å². The summed E-state index contributed by atoms with van der Waals surface area (Å²) >= 11 is 0. The lowest BCUT2D eigenvalue weighted by Crippen LogP contribution is -2.01. The van der Waals surface area contributed by atoms with Crippen molar-refractivity contribution in [2.24, 2.45) is 0 Å². The molecule has 1 aromatic carbocycles. The summed E-state index contributed by atoms with van der Waals surface area (Å²) in [4.78, 5) is 0. The molecule has 0 heterocycles. The zero-order valence-electron chi connectivity index (χ0n) is 9.39. The van der Waals surface area contributed by atoms with Crippen LogP contribution >= 0.6 is 0 Å². The molecule has 1 unspecified atom stereocenters. The summed E-state index contributed by atoms with van der Waals surface area (Å²) in [5.74, 6) is 0.312. The first-order valence-corrected chi connectivity index (χ1v) is 5.89. The zero-order valence-corrected chi connectivity index (χ0v) is 9.39. The summed E-state index contributed by atoms with van der Waals surface area (Å²) in [6.07, 6.45) is 6.73. The van der Waals surface area contributed by atoms with E-state index in [0.717, 1.165) is 37.7 Å². The quantitative estimate of drug-likeness (QED) is 0.749. The maximum absolute atomic E-state index is 9.67. The van der Waals surface area contributed by atoms with Crippen LogP contribution in [-0.2, 0) is 6.42 Å². The highest BCUT2D eigenvalue weighted by molar-refractivity contribution is 5.30. The molecule has 0 spiro atoms. The third-order valence-corrected chi connectivity index (χ3v) is 3.02. The number of benzene rings is 1. The molecule has 2 rings (SSSR count). The fourth-order valence-corrected chi connectivity index (χ4v) is 2.22. The van der Waals surface area contributed by atoms with E-state index in [2.05, 4.69) is 0 Å². The molecule has 0 fully saturated rings. The minimum Gasteiger partial charge on any atom is -0.508 e. The highest BCUT2D eigenvalue weighted by Crippen LogP contribution is 2.22.